The third-order valence-corrected chi connectivity index (χ3v) is 3.32. The lowest BCUT2D eigenvalue weighted by molar-refractivity contribution is -0.0847. The van der Waals surface area contributed by atoms with Crippen molar-refractivity contribution < 1.29 is 13.7 Å². The number of rotatable bonds is 6. The standard InChI is InChI=1S/C11H16O3S/c1-13-11(14-2)9-15(12)8-10-6-4-3-5-7-10/h3-7,11H,8-9H2,1-2H3. The second kappa shape index (κ2) is 6.71. The van der Waals surface area contributed by atoms with Gasteiger partial charge in [-0.05, 0) is 5.56 Å². The molecular weight excluding hydrogens is 212 g/mol. The van der Waals surface area contributed by atoms with Gasteiger partial charge in [-0.3, -0.25) is 4.21 Å². The number of benzene rings is 1. The van der Waals surface area contributed by atoms with E-state index in [4.69, 9.17) is 9.47 Å². The first-order valence-corrected chi connectivity index (χ1v) is 6.19. The first-order valence-electron chi connectivity index (χ1n) is 4.70. The van der Waals surface area contributed by atoms with Crippen molar-refractivity contribution >= 4 is 10.8 Å². The fraction of sp³-hybridized carbons (Fsp3) is 0.455. The molecule has 1 aromatic carbocycles. The molecular formula is C11H16O3S. The predicted octanol–water partition coefficient (Wildman–Crippen LogP) is 1.55. The molecule has 0 saturated carbocycles. The lowest BCUT2D eigenvalue weighted by atomic mass is 10.2. The molecule has 1 rings (SSSR count). The van der Waals surface area contributed by atoms with Crippen molar-refractivity contribution in [1.29, 1.82) is 0 Å². The van der Waals surface area contributed by atoms with Gasteiger partial charge in [-0.1, -0.05) is 30.3 Å². The maximum absolute atomic E-state index is 11.7. The van der Waals surface area contributed by atoms with Crippen molar-refractivity contribution in [3.8, 4) is 0 Å². The lowest BCUT2D eigenvalue weighted by Crippen LogP contribution is -2.22. The molecule has 0 radical (unpaired) electrons. The van der Waals surface area contributed by atoms with E-state index in [0.717, 1.165) is 5.56 Å². The average Bonchev–Trinajstić information content (AvgIpc) is 2.27. The van der Waals surface area contributed by atoms with E-state index >= 15 is 0 Å². The Bertz CT molecular complexity index is 296. The Balaban J connectivity index is 2.43. The van der Waals surface area contributed by atoms with Gasteiger partial charge < -0.3 is 9.47 Å². The zero-order valence-electron chi connectivity index (χ0n) is 9.01. The van der Waals surface area contributed by atoms with Crippen LogP contribution in [0.25, 0.3) is 0 Å². The number of hydrogen-bond donors (Lipinski definition) is 0. The van der Waals surface area contributed by atoms with Crippen LogP contribution in [-0.4, -0.2) is 30.5 Å². The first-order chi connectivity index (χ1) is 7.26. The highest BCUT2D eigenvalue weighted by Crippen LogP contribution is 2.05. The third-order valence-electron chi connectivity index (χ3n) is 2.02. The van der Waals surface area contributed by atoms with Gasteiger partial charge >= 0.3 is 0 Å². The molecule has 1 aromatic rings. The van der Waals surface area contributed by atoms with Crippen LogP contribution in [-0.2, 0) is 26.0 Å². The van der Waals surface area contributed by atoms with E-state index in [1.165, 1.54) is 0 Å². The zero-order chi connectivity index (χ0) is 11.1. The molecule has 0 heterocycles. The lowest BCUT2D eigenvalue weighted by Gasteiger charge is -2.12. The molecule has 0 aliphatic heterocycles. The van der Waals surface area contributed by atoms with E-state index < -0.39 is 10.8 Å². The SMILES string of the molecule is COC(CS(=O)Cc1ccccc1)OC. The fourth-order valence-corrected chi connectivity index (χ4v) is 2.46. The second-order valence-electron chi connectivity index (χ2n) is 3.14. The minimum atomic E-state index is -0.951. The summed E-state index contributed by atoms with van der Waals surface area (Å²) < 4.78 is 21.7. The maximum Gasteiger partial charge on any atom is 0.168 e. The van der Waals surface area contributed by atoms with E-state index in [1.807, 2.05) is 30.3 Å². The molecule has 1 atom stereocenters. The molecule has 0 aliphatic carbocycles. The topological polar surface area (TPSA) is 35.5 Å². The van der Waals surface area contributed by atoms with E-state index in [1.54, 1.807) is 14.2 Å². The van der Waals surface area contributed by atoms with Gasteiger partial charge in [0, 0.05) is 30.8 Å². The van der Waals surface area contributed by atoms with Gasteiger partial charge in [-0.25, -0.2) is 0 Å². The van der Waals surface area contributed by atoms with Gasteiger partial charge in [0.25, 0.3) is 0 Å². The Morgan fingerprint density at radius 1 is 1.20 bits per heavy atom. The van der Waals surface area contributed by atoms with Gasteiger partial charge in [0.2, 0.25) is 0 Å². The van der Waals surface area contributed by atoms with Gasteiger partial charge in [-0.2, -0.15) is 0 Å². The van der Waals surface area contributed by atoms with Crippen LogP contribution in [0.3, 0.4) is 0 Å². The molecule has 0 N–H and O–H groups in total. The normalized spacial score (nSPS) is 13.0. The summed E-state index contributed by atoms with van der Waals surface area (Å²) in [6, 6.07) is 9.76. The van der Waals surface area contributed by atoms with Crippen LogP contribution in [0.5, 0.6) is 0 Å². The van der Waals surface area contributed by atoms with Crippen LogP contribution >= 0.6 is 0 Å². The second-order valence-corrected chi connectivity index (χ2v) is 4.64. The van der Waals surface area contributed by atoms with Crippen molar-refractivity contribution in [2.75, 3.05) is 20.0 Å². The van der Waals surface area contributed by atoms with Gasteiger partial charge in [0.1, 0.15) is 0 Å². The van der Waals surface area contributed by atoms with E-state index in [9.17, 15) is 4.21 Å². The van der Waals surface area contributed by atoms with E-state index in [-0.39, 0.29) is 6.29 Å². The summed E-state index contributed by atoms with van der Waals surface area (Å²) in [5, 5.41) is 0. The predicted molar refractivity (Wildman–Crippen MR) is 61.0 cm³/mol. The first kappa shape index (κ1) is 12.4. The van der Waals surface area contributed by atoms with Crippen LogP contribution in [0.2, 0.25) is 0 Å². The highest BCUT2D eigenvalue weighted by atomic mass is 32.2. The minimum Gasteiger partial charge on any atom is -0.355 e. The highest BCUT2D eigenvalue weighted by Gasteiger charge is 2.10. The fourth-order valence-electron chi connectivity index (χ4n) is 1.20. The Hall–Kier alpha value is -0.710. The third kappa shape index (κ3) is 4.55. The summed E-state index contributed by atoms with van der Waals surface area (Å²) in [5.41, 5.74) is 1.07. The van der Waals surface area contributed by atoms with Gasteiger partial charge in [0.15, 0.2) is 6.29 Å². The average molecular weight is 228 g/mol. The van der Waals surface area contributed by atoms with Crippen molar-refractivity contribution in [3.05, 3.63) is 35.9 Å². The van der Waals surface area contributed by atoms with Crippen LogP contribution in [0, 0.1) is 0 Å². The Labute approximate surface area is 92.9 Å². The molecule has 0 fully saturated rings. The van der Waals surface area contributed by atoms with Crippen molar-refractivity contribution in [3.63, 3.8) is 0 Å². The minimum absolute atomic E-state index is 0.380. The number of ether oxygens (including phenoxy) is 2. The molecule has 1 unspecified atom stereocenters. The van der Waals surface area contributed by atoms with Crippen LogP contribution < -0.4 is 0 Å². The smallest absolute Gasteiger partial charge is 0.168 e. The molecule has 0 spiro atoms. The Morgan fingerprint density at radius 2 is 1.80 bits per heavy atom. The van der Waals surface area contributed by atoms with Crippen molar-refractivity contribution in [2.24, 2.45) is 0 Å². The van der Waals surface area contributed by atoms with E-state index in [2.05, 4.69) is 0 Å². The monoisotopic (exact) mass is 228 g/mol. The molecule has 0 amide bonds. The largest absolute Gasteiger partial charge is 0.355 e. The molecule has 0 aromatic heterocycles. The summed E-state index contributed by atoms with van der Waals surface area (Å²) in [5.74, 6) is 0.950. The highest BCUT2D eigenvalue weighted by molar-refractivity contribution is 7.84. The number of methoxy groups -OCH3 is 2. The van der Waals surface area contributed by atoms with Crippen molar-refractivity contribution in [1.82, 2.24) is 0 Å². The molecule has 84 valence electrons. The molecule has 4 heteroatoms. The van der Waals surface area contributed by atoms with Crippen LogP contribution in [0.1, 0.15) is 5.56 Å². The molecule has 3 nitrogen and oxygen atoms in total. The summed E-state index contributed by atoms with van der Waals surface area (Å²) in [6.45, 7) is 0. The summed E-state index contributed by atoms with van der Waals surface area (Å²) >= 11 is 0. The van der Waals surface area contributed by atoms with Crippen molar-refractivity contribution in [2.45, 2.75) is 12.0 Å². The van der Waals surface area contributed by atoms with Gasteiger partial charge in [0.05, 0.1) is 5.75 Å². The quantitative estimate of drug-likeness (QED) is 0.693. The molecule has 0 bridgehead atoms. The molecule has 0 saturated heterocycles. The molecule has 15 heavy (non-hydrogen) atoms. The Morgan fingerprint density at radius 3 is 2.33 bits per heavy atom. The number of hydrogen-bond acceptors (Lipinski definition) is 3. The van der Waals surface area contributed by atoms with Gasteiger partial charge in [-0.15, -0.1) is 0 Å². The summed E-state index contributed by atoms with van der Waals surface area (Å²) in [6.07, 6.45) is -0.380. The van der Waals surface area contributed by atoms with Crippen LogP contribution in [0.15, 0.2) is 30.3 Å². The Kier molecular flexibility index (Phi) is 5.53. The summed E-state index contributed by atoms with van der Waals surface area (Å²) in [7, 11) is 2.15. The zero-order valence-corrected chi connectivity index (χ0v) is 9.83. The maximum atomic E-state index is 11.7. The van der Waals surface area contributed by atoms with Crippen LogP contribution in [0.4, 0.5) is 0 Å². The molecule has 0 aliphatic rings. The van der Waals surface area contributed by atoms with E-state index in [0.29, 0.717) is 11.5 Å². The summed E-state index contributed by atoms with van der Waals surface area (Å²) in [4.78, 5) is 0.